The van der Waals surface area contributed by atoms with E-state index in [9.17, 15) is 4.79 Å². The van der Waals surface area contributed by atoms with Crippen LogP contribution in [0.3, 0.4) is 0 Å². The van der Waals surface area contributed by atoms with Crippen LogP contribution in [0.2, 0.25) is 0 Å². The molecular weight excluding hydrogens is 302 g/mol. The second-order valence-corrected chi connectivity index (χ2v) is 5.53. The lowest BCUT2D eigenvalue weighted by atomic mass is 10.2. The first-order chi connectivity index (χ1) is 11.6. The molecule has 0 spiro atoms. The number of hydrogen-bond acceptors (Lipinski definition) is 3. The van der Waals surface area contributed by atoms with Gasteiger partial charge >= 0.3 is 0 Å². The first-order valence-electron chi connectivity index (χ1n) is 7.95. The highest BCUT2D eigenvalue weighted by atomic mass is 16.5. The van der Waals surface area contributed by atoms with Gasteiger partial charge in [-0.3, -0.25) is 4.79 Å². The number of ether oxygens (including phenoxy) is 2. The van der Waals surface area contributed by atoms with E-state index in [1.807, 2.05) is 44.2 Å². The van der Waals surface area contributed by atoms with E-state index in [1.165, 1.54) is 0 Å². The first-order valence-corrected chi connectivity index (χ1v) is 7.95. The van der Waals surface area contributed by atoms with E-state index in [0.29, 0.717) is 31.1 Å². The highest BCUT2D eigenvalue weighted by Gasteiger charge is 2.07. The van der Waals surface area contributed by atoms with Gasteiger partial charge in [0.25, 0.3) is 5.91 Å². The van der Waals surface area contributed by atoms with Gasteiger partial charge < -0.3 is 14.8 Å². The molecule has 0 bridgehead atoms. The van der Waals surface area contributed by atoms with Crippen LogP contribution < -0.4 is 14.8 Å². The molecule has 0 aromatic heterocycles. The third kappa shape index (κ3) is 5.47. The van der Waals surface area contributed by atoms with Gasteiger partial charge in [-0.15, -0.1) is 0 Å². The topological polar surface area (TPSA) is 47.6 Å². The summed E-state index contributed by atoms with van der Waals surface area (Å²) in [6.07, 6.45) is 0. The fourth-order valence-corrected chi connectivity index (χ4v) is 2.09. The number of carbonyl (C=O) groups is 1. The Morgan fingerprint density at radius 1 is 1.08 bits per heavy atom. The summed E-state index contributed by atoms with van der Waals surface area (Å²) in [5, 5.41) is 2.91. The van der Waals surface area contributed by atoms with Crippen LogP contribution in [0.1, 0.15) is 29.8 Å². The molecule has 0 atom stereocenters. The highest BCUT2D eigenvalue weighted by Crippen LogP contribution is 2.15. The van der Waals surface area contributed by atoms with Crippen molar-refractivity contribution in [3.8, 4) is 11.5 Å². The Kier molecular flexibility index (Phi) is 6.43. The van der Waals surface area contributed by atoms with E-state index in [-0.39, 0.29) is 5.91 Å². The standard InChI is InChI=1S/C20H23NO3/c1-4-23-18-10-8-16(9-11-18)13-21-20(22)17-6-5-7-19(12-17)24-14-15(2)3/h5-12H,2,4,13-14H2,1,3H3,(H,21,22). The van der Waals surface area contributed by atoms with Crippen LogP contribution in [0.4, 0.5) is 0 Å². The van der Waals surface area contributed by atoms with E-state index in [0.717, 1.165) is 16.9 Å². The Balaban J connectivity index is 1.92. The van der Waals surface area contributed by atoms with Crippen molar-refractivity contribution in [3.05, 3.63) is 71.8 Å². The third-order valence-electron chi connectivity index (χ3n) is 3.27. The quantitative estimate of drug-likeness (QED) is 0.747. The number of hydrogen-bond donors (Lipinski definition) is 1. The van der Waals surface area contributed by atoms with Crippen LogP contribution in [0.15, 0.2) is 60.7 Å². The Morgan fingerprint density at radius 2 is 1.83 bits per heavy atom. The van der Waals surface area contributed by atoms with Crippen molar-refractivity contribution >= 4 is 5.91 Å². The zero-order valence-electron chi connectivity index (χ0n) is 14.2. The Labute approximate surface area is 143 Å². The molecule has 4 nitrogen and oxygen atoms in total. The summed E-state index contributed by atoms with van der Waals surface area (Å²) < 4.78 is 11.0. The SMILES string of the molecule is C=C(C)COc1cccc(C(=O)NCc2ccc(OCC)cc2)c1. The van der Waals surface area contributed by atoms with E-state index < -0.39 is 0 Å². The van der Waals surface area contributed by atoms with Crippen molar-refractivity contribution in [1.82, 2.24) is 5.32 Å². The Bertz CT molecular complexity index is 692. The van der Waals surface area contributed by atoms with Crippen LogP contribution in [-0.2, 0) is 6.54 Å². The fourth-order valence-electron chi connectivity index (χ4n) is 2.09. The lowest BCUT2D eigenvalue weighted by molar-refractivity contribution is 0.0950. The third-order valence-corrected chi connectivity index (χ3v) is 3.27. The minimum absolute atomic E-state index is 0.135. The second kappa shape index (κ2) is 8.77. The van der Waals surface area contributed by atoms with Crippen LogP contribution in [-0.4, -0.2) is 19.1 Å². The summed E-state index contributed by atoms with van der Waals surface area (Å²) in [6, 6.07) is 14.8. The van der Waals surface area contributed by atoms with Crippen molar-refractivity contribution in [2.75, 3.05) is 13.2 Å². The fraction of sp³-hybridized carbons (Fsp3) is 0.250. The van der Waals surface area contributed by atoms with Gasteiger partial charge in [0.1, 0.15) is 18.1 Å². The van der Waals surface area contributed by atoms with E-state index in [4.69, 9.17) is 9.47 Å². The van der Waals surface area contributed by atoms with Gasteiger partial charge in [0, 0.05) is 12.1 Å². The summed E-state index contributed by atoms with van der Waals surface area (Å²) in [6.45, 7) is 9.18. The summed E-state index contributed by atoms with van der Waals surface area (Å²) in [5.74, 6) is 1.35. The maximum Gasteiger partial charge on any atom is 0.251 e. The molecule has 0 aliphatic rings. The number of benzene rings is 2. The zero-order chi connectivity index (χ0) is 17.4. The molecule has 0 unspecified atom stereocenters. The monoisotopic (exact) mass is 325 g/mol. The van der Waals surface area contributed by atoms with Crippen LogP contribution in [0, 0.1) is 0 Å². The Morgan fingerprint density at radius 3 is 2.50 bits per heavy atom. The number of nitrogens with one attached hydrogen (secondary N) is 1. The van der Waals surface area contributed by atoms with Crippen molar-refractivity contribution < 1.29 is 14.3 Å². The lowest BCUT2D eigenvalue weighted by Gasteiger charge is -2.09. The molecule has 0 aliphatic carbocycles. The largest absolute Gasteiger partial charge is 0.494 e. The molecule has 0 aliphatic heterocycles. The average molecular weight is 325 g/mol. The number of rotatable bonds is 8. The maximum atomic E-state index is 12.3. The molecule has 2 aromatic rings. The smallest absolute Gasteiger partial charge is 0.251 e. The van der Waals surface area contributed by atoms with Crippen molar-refractivity contribution in [1.29, 1.82) is 0 Å². The van der Waals surface area contributed by atoms with Gasteiger partial charge in [-0.05, 0) is 55.3 Å². The molecule has 1 amide bonds. The summed E-state index contributed by atoms with van der Waals surface area (Å²) in [4.78, 5) is 12.3. The molecule has 0 heterocycles. The van der Waals surface area contributed by atoms with Gasteiger partial charge in [-0.1, -0.05) is 24.8 Å². The highest BCUT2D eigenvalue weighted by molar-refractivity contribution is 5.94. The molecule has 24 heavy (non-hydrogen) atoms. The summed E-state index contributed by atoms with van der Waals surface area (Å²) in [7, 11) is 0. The second-order valence-electron chi connectivity index (χ2n) is 5.53. The molecule has 2 aromatic carbocycles. The predicted molar refractivity (Wildman–Crippen MR) is 95.5 cm³/mol. The molecule has 2 rings (SSSR count). The van der Waals surface area contributed by atoms with Crippen LogP contribution in [0.5, 0.6) is 11.5 Å². The van der Waals surface area contributed by atoms with Crippen molar-refractivity contribution in [3.63, 3.8) is 0 Å². The molecule has 4 heteroatoms. The van der Waals surface area contributed by atoms with Gasteiger partial charge in [-0.25, -0.2) is 0 Å². The first kappa shape index (κ1) is 17.6. The minimum Gasteiger partial charge on any atom is -0.494 e. The van der Waals surface area contributed by atoms with Crippen LogP contribution >= 0.6 is 0 Å². The van der Waals surface area contributed by atoms with E-state index in [1.54, 1.807) is 18.2 Å². The maximum absolute atomic E-state index is 12.3. The molecule has 0 fully saturated rings. The molecular formula is C20H23NO3. The molecule has 0 saturated heterocycles. The number of amides is 1. The van der Waals surface area contributed by atoms with Crippen LogP contribution in [0.25, 0.3) is 0 Å². The summed E-state index contributed by atoms with van der Waals surface area (Å²) >= 11 is 0. The predicted octanol–water partition coefficient (Wildman–Crippen LogP) is 3.97. The molecule has 126 valence electrons. The van der Waals surface area contributed by atoms with Gasteiger partial charge in [-0.2, -0.15) is 0 Å². The molecule has 0 saturated carbocycles. The number of carbonyl (C=O) groups excluding carboxylic acids is 1. The molecule has 0 radical (unpaired) electrons. The van der Waals surface area contributed by atoms with E-state index >= 15 is 0 Å². The summed E-state index contributed by atoms with van der Waals surface area (Å²) in [5.41, 5.74) is 2.52. The van der Waals surface area contributed by atoms with Gasteiger partial charge in [0.2, 0.25) is 0 Å². The lowest BCUT2D eigenvalue weighted by Crippen LogP contribution is -2.22. The average Bonchev–Trinajstić information content (AvgIpc) is 2.59. The molecule has 1 N–H and O–H groups in total. The Hall–Kier alpha value is -2.75. The van der Waals surface area contributed by atoms with Gasteiger partial charge in [0.05, 0.1) is 6.61 Å². The van der Waals surface area contributed by atoms with Crippen molar-refractivity contribution in [2.24, 2.45) is 0 Å². The zero-order valence-corrected chi connectivity index (χ0v) is 14.2. The van der Waals surface area contributed by atoms with E-state index in [2.05, 4.69) is 11.9 Å². The van der Waals surface area contributed by atoms with Crippen molar-refractivity contribution in [2.45, 2.75) is 20.4 Å². The van der Waals surface area contributed by atoms with Gasteiger partial charge in [0.15, 0.2) is 0 Å². The normalized spacial score (nSPS) is 10.1. The minimum atomic E-state index is -0.135.